The quantitative estimate of drug-likeness (QED) is 0.485. The van der Waals surface area contributed by atoms with Crippen LogP contribution in [0.1, 0.15) is 46.0 Å². The number of carbonyl (C=O) groups is 1. The van der Waals surface area contributed by atoms with E-state index >= 15 is 0 Å². The first-order valence-electron chi connectivity index (χ1n) is 6.69. The van der Waals surface area contributed by atoms with Crippen LogP contribution in [0, 0.1) is 0 Å². The van der Waals surface area contributed by atoms with E-state index in [1.807, 2.05) is 0 Å². The van der Waals surface area contributed by atoms with Gasteiger partial charge in [-0.2, -0.15) is 0 Å². The smallest absolute Gasteiger partial charge is 0.337 e. The van der Waals surface area contributed by atoms with Crippen LogP contribution >= 0.6 is 0 Å². The minimum atomic E-state index is -0.521. The fourth-order valence-electron chi connectivity index (χ4n) is 1.74. The summed E-state index contributed by atoms with van der Waals surface area (Å²) >= 11 is 0. The first-order valence-corrected chi connectivity index (χ1v) is 6.69. The van der Waals surface area contributed by atoms with Crippen molar-refractivity contribution in [1.82, 2.24) is 0 Å². The zero-order valence-corrected chi connectivity index (χ0v) is 10.9. The molecule has 0 saturated carbocycles. The molecule has 0 spiro atoms. The Kier molecular flexibility index (Phi) is 7.21. The van der Waals surface area contributed by atoms with Crippen LogP contribution in [0.2, 0.25) is 0 Å². The van der Waals surface area contributed by atoms with Crippen molar-refractivity contribution in [2.75, 3.05) is 19.8 Å². The molecule has 0 aromatic carbocycles. The highest BCUT2D eigenvalue weighted by molar-refractivity contribution is 5.76. The van der Waals surface area contributed by atoms with Gasteiger partial charge in [-0.25, -0.2) is 4.79 Å². The highest BCUT2D eigenvalue weighted by atomic mass is 16.6. The van der Waals surface area contributed by atoms with Gasteiger partial charge in [0.25, 0.3) is 0 Å². The van der Waals surface area contributed by atoms with Gasteiger partial charge in [-0.1, -0.05) is 26.7 Å². The predicted molar refractivity (Wildman–Crippen MR) is 64.9 cm³/mol. The van der Waals surface area contributed by atoms with E-state index in [1.54, 1.807) is 0 Å². The van der Waals surface area contributed by atoms with Gasteiger partial charge in [-0.05, 0) is 12.8 Å². The Morgan fingerprint density at radius 3 is 2.47 bits per heavy atom. The molecule has 0 aliphatic carbocycles. The van der Waals surface area contributed by atoms with E-state index in [4.69, 9.17) is 14.2 Å². The summed E-state index contributed by atoms with van der Waals surface area (Å²) in [5, 5.41) is 0. The van der Waals surface area contributed by atoms with Crippen molar-refractivity contribution in [2.45, 2.75) is 58.2 Å². The third kappa shape index (κ3) is 5.04. The molecule has 1 aliphatic heterocycles. The molecule has 0 radical (unpaired) electrons. The SMILES string of the molecule is CCCCO[C@H]1CCOC(=O)[C@@H]1OCCCC. The van der Waals surface area contributed by atoms with Crippen molar-refractivity contribution in [1.29, 1.82) is 0 Å². The topological polar surface area (TPSA) is 44.8 Å². The van der Waals surface area contributed by atoms with Crippen molar-refractivity contribution in [2.24, 2.45) is 0 Å². The van der Waals surface area contributed by atoms with Crippen molar-refractivity contribution in [3.8, 4) is 0 Å². The molecule has 1 rings (SSSR count). The highest BCUT2D eigenvalue weighted by Crippen LogP contribution is 2.17. The highest BCUT2D eigenvalue weighted by Gasteiger charge is 2.35. The van der Waals surface area contributed by atoms with Crippen molar-refractivity contribution < 1.29 is 19.0 Å². The average Bonchev–Trinajstić information content (AvgIpc) is 2.33. The number of unbranched alkanes of at least 4 members (excludes halogenated alkanes) is 2. The molecule has 0 N–H and O–H groups in total. The van der Waals surface area contributed by atoms with Gasteiger partial charge in [0.15, 0.2) is 6.10 Å². The molecular weight excluding hydrogens is 220 g/mol. The summed E-state index contributed by atoms with van der Waals surface area (Å²) in [6.07, 6.45) is 4.24. The van der Waals surface area contributed by atoms with Gasteiger partial charge in [0, 0.05) is 19.6 Å². The molecule has 2 atom stereocenters. The Morgan fingerprint density at radius 2 is 1.82 bits per heavy atom. The van der Waals surface area contributed by atoms with Crippen LogP contribution in [0.3, 0.4) is 0 Å². The molecule has 0 amide bonds. The number of hydrogen-bond donors (Lipinski definition) is 0. The number of carbonyl (C=O) groups excluding carboxylic acids is 1. The normalized spacial score (nSPS) is 24.7. The summed E-state index contributed by atoms with van der Waals surface area (Å²) in [7, 11) is 0. The van der Waals surface area contributed by atoms with Crippen molar-refractivity contribution >= 4 is 5.97 Å². The zero-order chi connectivity index (χ0) is 12.5. The first kappa shape index (κ1) is 14.5. The number of esters is 1. The second-order valence-corrected chi connectivity index (χ2v) is 4.36. The van der Waals surface area contributed by atoms with Gasteiger partial charge >= 0.3 is 5.97 Å². The van der Waals surface area contributed by atoms with Gasteiger partial charge in [-0.3, -0.25) is 0 Å². The molecule has 0 bridgehead atoms. The lowest BCUT2D eigenvalue weighted by molar-refractivity contribution is -0.181. The molecule has 1 aliphatic rings. The molecule has 1 heterocycles. The van der Waals surface area contributed by atoms with Gasteiger partial charge in [0.05, 0.1) is 12.7 Å². The van der Waals surface area contributed by atoms with Crippen LogP contribution in [0.25, 0.3) is 0 Å². The van der Waals surface area contributed by atoms with Crippen LogP contribution in [0.15, 0.2) is 0 Å². The summed E-state index contributed by atoms with van der Waals surface area (Å²) < 4.78 is 16.3. The fourth-order valence-corrected chi connectivity index (χ4v) is 1.74. The molecule has 100 valence electrons. The number of ether oxygens (including phenoxy) is 3. The molecular formula is C13H24O4. The van der Waals surface area contributed by atoms with Crippen LogP contribution in [-0.2, 0) is 19.0 Å². The van der Waals surface area contributed by atoms with Gasteiger partial charge in [0.2, 0.25) is 0 Å². The predicted octanol–water partition coefficient (Wildman–Crippen LogP) is 2.30. The maximum absolute atomic E-state index is 11.6. The molecule has 0 unspecified atom stereocenters. The molecule has 0 aromatic heterocycles. The molecule has 1 saturated heterocycles. The Balaban J connectivity index is 2.37. The van der Waals surface area contributed by atoms with E-state index in [1.165, 1.54) is 0 Å². The summed E-state index contributed by atoms with van der Waals surface area (Å²) in [6.45, 7) is 5.96. The van der Waals surface area contributed by atoms with Gasteiger partial charge < -0.3 is 14.2 Å². The Bertz CT molecular complexity index is 217. The molecule has 0 aromatic rings. The second-order valence-electron chi connectivity index (χ2n) is 4.36. The third-order valence-corrected chi connectivity index (χ3v) is 2.84. The van der Waals surface area contributed by atoms with Crippen LogP contribution < -0.4 is 0 Å². The van der Waals surface area contributed by atoms with E-state index in [-0.39, 0.29) is 12.1 Å². The number of rotatable bonds is 8. The summed E-state index contributed by atoms with van der Waals surface area (Å²) in [5.74, 6) is -0.270. The number of hydrogen-bond acceptors (Lipinski definition) is 4. The monoisotopic (exact) mass is 244 g/mol. The van der Waals surface area contributed by atoms with Crippen molar-refractivity contribution in [3.63, 3.8) is 0 Å². The van der Waals surface area contributed by atoms with Crippen molar-refractivity contribution in [3.05, 3.63) is 0 Å². The molecule has 4 heteroatoms. The zero-order valence-electron chi connectivity index (χ0n) is 10.9. The molecule has 17 heavy (non-hydrogen) atoms. The minimum Gasteiger partial charge on any atom is -0.464 e. The first-order chi connectivity index (χ1) is 8.29. The van der Waals surface area contributed by atoms with Crippen LogP contribution in [-0.4, -0.2) is 38.0 Å². The van der Waals surface area contributed by atoms with Crippen LogP contribution in [0.4, 0.5) is 0 Å². The van der Waals surface area contributed by atoms with E-state index in [2.05, 4.69) is 13.8 Å². The van der Waals surface area contributed by atoms with E-state index in [0.717, 1.165) is 32.1 Å². The third-order valence-electron chi connectivity index (χ3n) is 2.84. The van der Waals surface area contributed by atoms with E-state index < -0.39 is 6.10 Å². The molecule has 4 nitrogen and oxygen atoms in total. The van der Waals surface area contributed by atoms with E-state index in [9.17, 15) is 4.79 Å². The summed E-state index contributed by atoms with van der Waals surface area (Å²) in [6, 6.07) is 0. The number of cyclic esters (lactones) is 1. The Labute approximate surface area is 104 Å². The Hall–Kier alpha value is -0.610. The lowest BCUT2D eigenvalue weighted by Crippen LogP contribution is -2.45. The second kappa shape index (κ2) is 8.48. The summed E-state index contributed by atoms with van der Waals surface area (Å²) in [5.41, 5.74) is 0. The van der Waals surface area contributed by atoms with Gasteiger partial charge in [-0.15, -0.1) is 0 Å². The summed E-state index contributed by atoms with van der Waals surface area (Å²) in [4.78, 5) is 11.6. The maximum Gasteiger partial charge on any atom is 0.337 e. The van der Waals surface area contributed by atoms with E-state index in [0.29, 0.717) is 19.8 Å². The standard InChI is InChI=1S/C13H24O4/c1-3-5-8-15-11-7-10-17-13(14)12(11)16-9-6-4-2/h11-12H,3-10H2,1-2H3/t11-,12+/m0/s1. The fraction of sp³-hybridized carbons (Fsp3) is 0.923. The maximum atomic E-state index is 11.6. The molecule has 1 fully saturated rings. The largest absolute Gasteiger partial charge is 0.464 e. The average molecular weight is 244 g/mol. The Morgan fingerprint density at radius 1 is 1.18 bits per heavy atom. The van der Waals surface area contributed by atoms with Gasteiger partial charge in [0.1, 0.15) is 0 Å². The lowest BCUT2D eigenvalue weighted by atomic mass is 10.1. The van der Waals surface area contributed by atoms with Crippen LogP contribution in [0.5, 0.6) is 0 Å². The minimum absolute atomic E-state index is 0.125. The lowest BCUT2D eigenvalue weighted by Gasteiger charge is -2.30.